The Morgan fingerprint density at radius 1 is 1.23 bits per heavy atom. The van der Waals surface area contributed by atoms with E-state index in [-0.39, 0.29) is 23.6 Å². The van der Waals surface area contributed by atoms with Gasteiger partial charge in [0, 0.05) is 17.1 Å². The molecule has 0 unspecified atom stereocenters. The number of aromatic hydroxyl groups is 1. The Kier molecular flexibility index (Phi) is 2.58. The average molecular weight is 198 g/mol. The summed E-state index contributed by atoms with van der Waals surface area (Å²) in [5, 5.41) is 9.59. The number of benzene rings is 1. The Morgan fingerprint density at radius 3 is 2.69 bits per heavy atom. The Hall–Kier alpha value is -1.48. The number of aromatic nitrogens is 1. The molecule has 0 amide bonds. The van der Waals surface area contributed by atoms with E-state index in [9.17, 15) is 4.79 Å². The fourth-order valence-corrected chi connectivity index (χ4v) is 1.16. The fraction of sp³-hybridized carbons (Fsp3) is 0. The quantitative estimate of drug-likeness (QED) is 0.675. The lowest BCUT2D eigenvalue weighted by atomic mass is 10.2. The van der Waals surface area contributed by atoms with Crippen LogP contribution < -0.4 is 5.43 Å². The molecule has 13 heavy (non-hydrogen) atoms. The zero-order valence-corrected chi connectivity index (χ0v) is 7.47. The SMILES string of the molecule is Cl.O=c1c(O)c[nH]c2ccccc12. The van der Waals surface area contributed by atoms with Gasteiger partial charge in [-0.05, 0) is 12.1 Å². The van der Waals surface area contributed by atoms with Crippen LogP contribution >= 0.6 is 12.4 Å². The molecular weight excluding hydrogens is 190 g/mol. The molecule has 0 atom stereocenters. The van der Waals surface area contributed by atoms with Crippen LogP contribution in [0.15, 0.2) is 35.3 Å². The number of halogens is 1. The lowest BCUT2D eigenvalue weighted by Gasteiger charge is -1.96. The standard InChI is InChI=1S/C9H7NO2.ClH/c11-8-5-10-7-4-2-1-3-6(7)9(8)12;/h1-5,11H,(H,10,12);1H. The van der Waals surface area contributed by atoms with Gasteiger partial charge in [0.05, 0.1) is 0 Å². The molecule has 2 rings (SSSR count). The van der Waals surface area contributed by atoms with Crippen LogP contribution in [-0.2, 0) is 0 Å². The molecule has 0 saturated carbocycles. The number of aromatic amines is 1. The maximum Gasteiger partial charge on any atom is 0.230 e. The zero-order valence-electron chi connectivity index (χ0n) is 6.65. The zero-order chi connectivity index (χ0) is 8.55. The van der Waals surface area contributed by atoms with Gasteiger partial charge in [-0.25, -0.2) is 0 Å². The Bertz CT molecular complexity index is 478. The summed E-state index contributed by atoms with van der Waals surface area (Å²) in [6.45, 7) is 0. The van der Waals surface area contributed by atoms with Crippen molar-refractivity contribution in [2.24, 2.45) is 0 Å². The highest BCUT2D eigenvalue weighted by Crippen LogP contribution is 2.08. The van der Waals surface area contributed by atoms with Gasteiger partial charge in [0.2, 0.25) is 5.43 Å². The minimum absolute atomic E-state index is 0. The summed E-state index contributed by atoms with van der Waals surface area (Å²) in [5.74, 6) is -0.242. The molecule has 1 aromatic heterocycles. The third-order valence-corrected chi connectivity index (χ3v) is 1.77. The molecule has 0 aliphatic heterocycles. The van der Waals surface area contributed by atoms with Crippen molar-refractivity contribution < 1.29 is 5.11 Å². The van der Waals surface area contributed by atoms with Crippen molar-refractivity contribution in [3.63, 3.8) is 0 Å². The van der Waals surface area contributed by atoms with Crippen molar-refractivity contribution in [3.8, 4) is 5.75 Å². The molecule has 4 heteroatoms. The van der Waals surface area contributed by atoms with Crippen LogP contribution in [0.4, 0.5) is 0 Å². The summed E-state index contributed by atoms with van der Waals surface area (Å²) < 4.78 is 0. The van der Waals surface area contributed by atoms with Crippen molar-refractivity contribution in [2.45, 2.75) is 0 Å². The smallest absolute Gasteiger partial charge is 0.230 e. The molecule has 0 radical (unpaired) electrons. The van der Waals surface area contributed by atoms with Crippen LogP contribution in [0.2, 0.25) is 0 Å². The maximum atomic E-state index is 11.3. The van der Waals surface area contributed by atoms with Gasteiger partial charge >= 0.3 is 0 Å². The number of pyridine rings is 1. The van der Waals surface area contributed by atoms with Gasteiger partial charge in [-0.15, -0.1) is 12.4 Å². The minimum Gasteiger partial charge on any atom is -0.503 e. The second-order valence-electron chi connectivity index (χ2n) is 2.55. The van der Waals surface area contributed by atoms with E-state index in [1.807, 2.05) is 6.07 Å². The third kappa shape index (κ3) is 1.51. The third-order valence-electron chi connectivity index (χ3n) is 1.77. The highest BCUT2D eigenvalue weighted by molar-refractivity contribution is 5.85. The van der Waals surface area contributed by atoms with Gasteiger partial charge < -0.3 is 10.1 Å². The molecule has 2 aromatic rings. The van der Waals surface area contributed by atoms with Crippen molar-refractivity contribution in [2.75, 3.05) is 0 Å². The number of hydrogen-bond acceptors (Lipinski definition) is 2. The number of H-pyrrole nitrogens is 1. The summed E-state index contributed by atoms with van der Waals surface area (Å²) in [4.78, 5) is 14.1. The van der Waals surface area contributed by atoms with Crippen LogP contribution in [0, 0.1) is 0 Å². The number of hydrogen-bond donors (Lipinski definition) is 2. The first kappa shape index (κ1) is 9.61. The lowest BCUT2D eigenvalue weighted by Crippen LogP contribution is -2.00. The minimum atomic E-state index is -0.329. The highest BCUT2D eigenvalue weighted by Gasteiger charge is 2.00. The first-order valence-electron chi connectivity index (χ1n) is 3.58. The van der Waals surface area contributed by atoms with Crippen molar-refractivity contribution in [3.05, 3.63) is 40.7 Å². The van der Waals surface area contributed by atoms with Crippen LogP contribution in [0.5, 0.6) is 5.75 Å². The average Bonchev–Trinajstić information content (AvgIpc) is 2.12. The molecule has 1 aromatic carbocycles. The fourth-order valence-electron chi connectivity index (χ4n) is 1.16. The number of para-hydroxylation sites is 1. The van der Waals surface area contributed by atoms with Gasteiger partial charge in [0.15, 0.2) is 5.75 Å². The van der Waals surface area contributed by atoms with Crippen LogP contribution in [0.1, 0.15) is 0 Å². The van der Waals surface area contributed by atoms with Gasteiger partial charge in [-0.2, -0.15) is 0 Å². The maximum absolute atomic E-state index is 11.3. The summed E-state index contributed by atoms with van der Waals surface area (Å²) in [6, 6.07) is 7.05. The van der Waals surface area contributed by atoms with E-state index in [2.05, 4.69) is 4.98 Å². The lowest BCUT2D eigenvalue weighted by molar-refractivity contribution is 0.469. The topological polar surface area (TPSA) is 53.1 Å². The van der Waals surface area contributed by atoms with Crippen molar-refractivity contribution in [1.82, 2.24) is 4.98 Å². The van der Waals surface area contributed by atoms with E-state index in [0.29, 0.717) is 5.39 Å². The summed E-state index contributed by atoms with van der Waals surface area (Å²) >= 11 is 0. The first-order valence-corrected chi connectivity index (χ1v) is 3.58. The normalized spacial score (nSPS) is 9.54. The second kappa shape index (κ2) is 3.49. The second-order valence-corrected chi connectivity index (χ2v) is 2.55. The van der Waals surface area contributed by atoms with Gasteiger partial charge in [0.25, 0.3) is 0 Å². The van der Waals surface area contributed by atoms with Crippen molar-refractivity contribution in [1.29, 1.82) is 0 Å². The Labute approximate surface area is 80.4 Å². The molecule has 0 fully saturated rings. The molecule has 0 saturated heterocycles. The molecule has 2 N–H and O–H groups in total. The van der Waals surface area contributed by atoms with Crippen LogP contribution in [0.25, 0.3) is 10.9 Å². The molecule has 3 nitrogen and oxygen atoms in total. The molecule has 68 valence electrons. The largest absolute Gasteiger partial charge is 0.503 e. The molecule has 0 aliphatic rings. The van der Waals surface area contributed by atoms with Crippen molar-refractivity contribution >= 4 is 23.3 Å². The van der Waals surface area contributed by atoms with E-state index in [1.165, 1.54) is 6.20 Å². The number of rotatable bonds is 0. The van der Waals surface area contributed by atoms with Crippen LogP contribution in [0.3, 0.4) is 0 Å². The van der Waals surface area contributed by atoms with Crippen LogP contribution in [-0.4, -0.2) is 10.1 Å². The Morgan fingerprint density at radius 2 is 1.92 bits per heavy atom. The number of fused-ring (bicyclic) bond motifs is 1. The van der Waals surface area contributed by atoms with E-state index >= 15 is 0 Å². The summed E-state index contributed by atoms with van der Waals surface area (Å²) in [5.41, 5.74) is 0.407. The van der Waals surface area contributed by atoms with E-state index in [0.717, 1.165) is 5.52 Å². The predicted octanol–water partition coefficient (Wildman–Crippen LogP) is 1.66. The van der Waals surface area contributed by atoms with E-state index in [4.69, 9.17) is 5.11 Å². The summed E-state index contributed by atoms with van der Waals surface area (Å²) in [6.07, 6.45) is 1.30. The van der Waals surface area contributed by atoms with E-state index < -0.39 is 0 Å². The Balaban J connectivity index is 0.000000845. The molecule has 0 spiro atoms. The van der Waals surface area contributed by atoms with Gasteiger partial charge in [0.1, 0.15) is 0 Å². The first-order chi connectivity index (χ1) is 5.79. The molecule has 0 aliphatic carbocycles. The van der Waals surface area contributed by atoms with E-state index in [1.54, 1.807) is 18.2 Å². The molecule has 1 heterocycles. The molecular formula is C9H8ClNO2. The molecule has 0 bridgehead atoms. The van der Waals surface area contributed by atoms with Gasteiger partial charge in [-0.3, -0.25) is 4.79 Å². The summed E-state index contributed by atoms with van der Waals surface area (Å²) in [7, 11) is 0. The number of nitrogens with one attached hydrogen (secondary N) is 1. The highest BCUT2D eigenvalue weighted by atomic mass is 35.5. The predicted molar refractivity (Wildman–Crippen MR) is 53.5 cm³/mol. The monoisotopic (exact) mass is 197 g/mol. The van der Waals surface area contributed by atoms with Gasteiger partial charge in [-0.1, -0.05) is 12.1 Å².